The van der Waals surface area contributed by atoms with E-state index in [-0.39, 0.29) is 5.91 Å². The van der Waals surface area contributed by atoms with Crippen molar-refractivity contribution < 1.29 is 4.79 Å². The molecule has 116 valence electrons. The predicted octanol–water partition coefficient (Wildman–Crippen LogP) is 2.85. The molecule has 0 aromatic carbocycles. The van der Waals surface area contributed by atoms with Gasteiger partial charge in [-0.3, -0.25) is 9.78 Å². The summed E-state index contributed by atoms with van der Waals surface area (Å²) in [5.41, 5.74) is 3.48. The van der Waals surface area contributed by atoms with E-state index in [1.807, 2.05) is 30.5 Å². The molecule has 3 heterocycles. The number of thiophene rings is 1. The molecule has 1 aliphatic heterocycles. The Labute approximate surface area is 135 Å². The highest BCUT2D eigenvalue weighted by molar-refractivity contribution is 7.08. The summed E-state index contributed by atoms with van der Waals surface area (Å²) in [5.74, 6) is 0.517. The first-order chi connectivity index (χ1) is 10.7. The quantitative estimate of drug-likeness (QED) is 0.912. The Balaban J connectivity index is 1.65. The summed E-state index contributed by atoms with van der Waals surface area (Å²) in [5, 5.41) is 10.5. The van der Waals surface area contributed by atoms with E-state index in [4.69, 9.17) is 0 Å². The van der Waals surface area contributed by atoms with Gasteiger partial charge < -0.3 is 10.6 Å². The summed E-state index contributed by atoms with van der Waals surface area (Å²) in [7, 11) is 0. The van der Waals surface area contributed by atoms with Crippen molar-refractivity contribution in [3.63, 3.8) is 0 Å². The van der Waals surface area contributed by atoms with Crippen molar-refractivity contribution in [1.29, 1.82) is 0 Å². The predicted molar refractivity (Wildman–Crippen MR) is 90.2 cm³/mol. The van der Waals surface area contributed by atoms with Gasteiger partial charge in [-0.15, -0.1) is 0 Å². The number of hydrogen-bond acceptors (Lipinski definition) is 4. The second kappa shape index (κ2) is 7.03. The van der Waals surface area contributed by atoms with Crippen LogP contribution in [0, 0.1) is 12.8 Å². The molecule has 1 fully saturated rings. The van der Waals surface area contributed by atoms with Gasteiger partial charge in [0.15, 0.2) is 0 Å². The Morgan fingerprint density at radius 3 is 3.05 bits per heavy atom. The fourth-order valence-electron chi connectivity index (χ4n) is 2.80. The van der Waals surface area contributed by atoms with E-state index >= 15 is 0 Å². The van der Waals surface area contributed by atoms with E-state index in [1.54, 1.807) is 11.3 Å². The Morgan fingerprint density at radius 1 is 1.45 bits per heavy atom. The van der Waals surface area contributed by atoms with Crippen LogP contribution in [0.15, 0.2) is 29.0 Å². The van der Waals surface area contributed by atoms with Gasteiger partial charge in [-0.05, 0) is 62.4 Å². The Bertz CT molecular complexity index is 633. The number of piperidine rings is 1. The van der Waals surface area contributed by atoms with E-state index in [2.05, 4.69) is 21.0 Å². The van der Waals surface area contributed by atoms with Crippen molar-refractivity contribution in [2.45, 2.75) is 19.8 Å². The topological polar surface area (TPSA) is 54.0 Å². The monoisotopic (exact) mass is 315 g/mol. The molecule has 0 aliphatic carbocycles. The van der Waals surface area contributed by atoms with Crippen LogP contribution in [0.5, 0.6) is 0 Å². The molecule has 1 aliphatic rings. The number of rotatable bonds is 4. The van der Waals surface area contributed by atoms with E-state index in [0.29, 0.717) is 11.5 Å². The molecule has 1 atom stereocenters. The van der Waals surface area contributed by atoms with Gasteiger partial charge in [0.25, 0.3) is 5.91 Å². The third-order valence-electron chi connectivity index (χ3n) is 4.10. The van der Waals surface area contributed by atoms with E-state index < -0.39 is 0 Å². The number of aryl methyl sites for hydroxylation is 1. The number of nitrogens with zero attached hydrogens (tertiary/aromatic N) is 1. The van der Waals surface area contributed by atoms with Gasteiger partial charge in [0, 0.05) is 17.5 Å². The van der Waals surface area contributed by atoms with E-state index in [9.17, 15) is 4.79 Å². The van der Waals surface area contributed by atoms with Crippen molar-refractivity contribution in [2.24, 2.45) is 5.92 Å². The number of hydrogen-bond donors (Lipinski definition) is 2. The minimum Gasteiger partial charge on any atom is -0.352 e. The highest BCUT2D eigenvalue weighted by Crippen LogP contribution is 2.21. The third kappa shape index (κ3) is 3.54. The van der Waals surface area contributed by atoms with E-state index in [0.717, 1.165) is 36.6 Å². The standard InChI is InChI=1S/C17H21N3OS/c1-12-15(4-5-16(20-12)14-6-8-22-11-14)17(21)19-10-13-3-2-7-18-9-13/h4-6,8,11,13,18H,2-3,7,9-10H2,1H3,(H,19,21). The molecule has 4 nitrogen and oxygen atoms in total. The minimum atomic E-state index is -0.0209. The number of nitrogens with one attached hydrogen (secondary N) is 2. The molecule has 0 saturated carbocycles. The van der Waals surface area contributed by atoms with E-state index in [1.165, 1.54) is 12.8 Å². The van der Waals surface area contributed by atoms with Crippen molar-refractivity contribution in [2.75, 3.05) is 19.6 Å². The van der Waals surface area contributed by atoms with Crippen LogP contribution in [0.3, 0.4) is 0 Å². The zero-order valence-corrected chi connectivity index (χ0v) is 13.6. The number of pyridine rings is 1. The highest BCUT2D eigenvalue weighted by atomic mass is 32.1. The lowest BCUT2D eigenvalue weighted by Crippen LogP contribution is -2.38. The molecule has 1 amide bonds. The van der Waals surface area contributed by atoms with Gasteiger partial charge in [-0.25, -0.2) is 0 Å². The summed E-state index contributed by atoms with van der Waals surface area (Å²) in [6.45, 7) is 4.72. The average Bonchev–Trinajstić information content (AvgIpc) is 3.08. The van der Waals surface area contributed by atoms with Gasteiger partial charge in [0.05, 0.1) is 17.0 Å². The van der Waals surface area contributed by atoms with Crippen LogP contribution in [0.25, 0.3) is 11.3 Å². The zero-order valence-electron chi connectivity index (χ0n) is 12.8. The molecule has 2 aromatic heterocycles. The van der Waals surface area contributed by atoms with Gasteiger partial charge >= 0.3 is 0 Å². The van der Waals surface area contributed by atoms with Gasteiger partial charge in [-0.2, -0.15) is 11.3 Å². The molecule has 0 radical (unpaired) electrons. The molecule has 2 N–H and O–H groups in total. The molecular weight excluding hydrogens is 294 g/mol. The van der Waals surface area contributed by atoms with Crippen LogP contribution in [-0.4, -0.2) is 30.5 Å². The normalized spacial score (nSPS) is 18.1. The molecule has 0 spiro atoms. The molecule has 3 rings (SSSR count). The van der Waals surface area contributed by atoms with Crippen LogP contribution in [0.2, 0.25) is 0 Å². The Morgan fingerprint density at radius 2 is 2.36 bits per heavy atom. The summed E-state index contributed by atoms with van der Waals surface area (Å²) in [6, 6.07) is 5.85. The summed E-state index contributed by atoms with van der Waals surface area (Å²) in [4.78, 5) is 16.9. The maximum Gasteiger partial charge on any atom is 0.253 e. The maximum absolute atomic E-state index is 12.3. The summed E-state index contributed by atoms with van der Waals surface area (Å²) >= 11 is 1.65. The van der Waals surface area contributed by atoms with Gasteiger partial charge in [0.2, 0.25) is 0 Å². The molecule has 1 saturated heterocycles. The lowest BCUT2D eigenvalue weighted by Gasteiger charge is -2.23. The number of amides is 1. The molecule has 5 heteroatoms. The van der Waals surface area contributed by atoms with Gasteiger partial charge in [0.1, 0.15) is 0 Å². The number of carbonyl (C=O) groups is 1. The lowest BCUT2D eigenvalue weighted by atomic mass is 9.99. The van der Waals surface area contributed by atoms with Crippen molar-refractivity contribution in [1.82, 2.24) is 15.6 Å². The fraction of sp³-hybridized carbons (Fsp3) is 0.412. The fourth-order valence-corrected chi connectivity index (χ4v) is 3.45. The SMILES string of the molecule is Cc1nc(-c2ccsc2)ccc1C(=O)NCC1CCCNC1. The zero-order chi connectivity index (χ0) is 15.4. The lowest BCUT2D eigenvalue weighted by molar-refractivity contribution is 0.0944. The van der Waals surface area contributed by atoms with Crippen LogP contribution >= 0.6 is 11.3 Å². The molecule has 22 heavy (non-hydrogen) atoms. The second-order valence-electron chi connectivity index (χ2n) is 5.76. The third-order valence-corrected chi connectivity index (χ3v) is 4.78. The van der Waals surface area contributed by atoms with Crippen molar-refractivity contribution in [3.8, 4) is 11.3 Å². The Hall–Kier alpha value is -1.72. The van der Waals surface area contributed by atoms with Crippen molar-refractivity contribution >= 4 is 17.2 Å². The molecule has 0 bridgehead atoms. The Kier molecular flexibility index (Phi) is 4.85. The van der Waals surface area contributed by atoms with Gasteiger partial charge in [-0.1, -0.05) is 0 Å². The van der Waals surface area contributed by atoms with Crippen LogP contribution < -0.4 is 10.6 Å². The number of carbonyl (C=O) groups excluding carboxylic acids is 1. The first kappa shape index (κ1) is 15.2. The minimum absolute atomic E-state index is 0.0209. The van der Waals surface area contributed by atoms with Crippen LogP contribution in [0.1, 0.15) is 28.9 Å². The first-order valence-corrected chi connectivity index (χ1v) is 8.67. The average molecular weight is 315 g/mol. The first-order valence-electron chi connectivity index (χ1n) is 7.73. The summed E-state index contributed by atoms with van der Waals surface area (Å²) < 4.78 is 0. The molecular formula is C17H21N3OS. The summed E-state index contributed by atoms with van der Waals surface area (Å²) in [6.07, 6.45) is 2.37. The largest absolute Gasteiger partial charge is 0.352 e. The molecule has 2 aromatic rings. The van der Waals surface area contributed by atoms with Crippen LogP contribution in [0.4, 0.5) is 0 Å². The highest BCUT2D eigenvalue weighted by Gasteiger charge is 2.16. The smallest absolute Gasteiger partial charge is 0.253 e. The number of aromatic nitrogens is 1. The van der Waals surface area contributed by atoms with Crippen LogP contribution in [-0.2, 0) is 0 Å². The second-order valence-corrected chi connectivity index (χ2v) is 6.54. The maximum atomic E-state index is 12.3. The molecule has 1 unspecified atom stereocenters. The van der Waals surface area contributed by atoms with Crippen molar-refractivity contribution in [3.05, 3.63) is 40.2 Å².